The summed E-state index contributed by atoms with van der Waals surface area (Å²) < 4.78 is 13.0. The number of piperidine rings is 1. The van der Waals surface area contributed by atoms with Gasteiger partial charge in [0.15, 0.2) is 5.60 Å². The van der Waals surface area contributed by atoms with E-state index in [0.717, 1.165) is 86.8 Å². The first-order chi connectivity index (χ1) is 19.6. The van der Waals surface area contributed by atoms with Crippen molar-refractivity contribution in [1.29, 1.82) is 0 Å². The molecule has 2 aromatic carbocycles. The Kier molecular flexibility index (Phi) is 10.2. The van der Waals surface area contributed by atoms with E-state index in [9.17, 15) is 9.59 Å². The molecule has 2 aliphatic rings. The fourth-order valence-electron chi connectivity index (χ4n) is 7.87. The molecule has 0 spiro atoms. The molecular formula is C35H51N2O4+. The summed E-state index contributed by atoms with van der Waals surface area (Å²) in [5.74, 6) is 1.25. The number of ether oxygens (including phenoxy) is 2. The first-order valence-corrected chi connectivity index (χ1v) is 15.6. The van der Waals surface area contributed by atoms with Crippen molar-refractivity contribution in [1.82, 2.24) is 5.32 Å². The summed E-state index contributed by atoms with van der Waals surface area (Å²) in [6.07, 6.45) is 7.83. The summed E-state index contributed by atoms with van der Waals surface area (Å²) in [4.78, 5) is 25.8. The molecule has 1 amide bonds. The average molecular weight is 564 g/mol. The van der Waals surface area contributed by atoms with Crippen LogP contribution < -0.4 is 10.1 Å². The van der Waals surface area contributed by atoms with Crippen molar-refractivity contribution in [3.8, 4) is 5.75 Å². The maximum absolute atomic E-state index is 13.1. The van der Waals surface area contributed by atoms with E-state index in [4.69, 9.17) is 9.47 Å². The summed E-state index contributed by atoms with van der Waals surface area (Å²) in [6.45, 7) is 8.89. The van der Waals surface area contributed by atoms with E-state index in [1.165, 1.54) is 12.5 Å². The quantitative estimate of drug-likeness (QED) is 0.189. The van der Waals surface area contributed by atoms with Crippen molar-refractivity contribution in [3.63, 3.8) is 0 Å². The van der Waals surface area contributed by atoms with Crippen LogP contribution in [-0.4, -0.2) is 61.8 Å². The van der Waals surface area contributed by atoms with Gasteiger partial charge in [-0.1, -0.05) is 62.7 Å². The Morgan fingerprint density at radius 1 is 1.05 bits per heavy atom. The number of hydrogen-bond acceptors (Lipinski definition) is 4. The van der Waals surface area contributed by atoms with Crippen LogP contribution >= 0.6 is 0 Å². The molecule has 1 aliphatic heterocycles. The van der Waals surface area contributed by atoms with Crippen LogP contribution in [0.1, 0.15) is 83.3 Å². The third-order valence-electron chi connectivity index (χ3n) is 9.42. The van der Waals surface area contributed by atoms with Gasteiger partial charge in [0.05, 0.1) is 27.2 Å². The first-order valence-electron chi connectivity index (χ1n) is 15.6. The molecule has 1 unspecified atom stereocenters. The number of aryl methyl sites for hydroxylation is 1. The molecule has 224 valence electrons. The number of esters is 1. The van der Waals surface area contributed by atoms with Crippen molar-refractivity contribution in [2.75, 3.05) is 33.8 Å². The molecule has 4 rings (SSSR count). The fourth-order valence-corrected chi connectivity index (χ4v) is 7.87. The van der Waals surface area contributed by atoms with Gasteiger partial charge in [-0.25, -0.2) is 0 Å². The molecule has 1 aliphatic carbocycles. The lowest BCUT2D eigenvalue weighted by molar-refractivity contribution is -0.925. The number of likely N-dealkylation sites (tertiary alicyclic amines) is 1. The molecule has 0 radical (unpaired) electrons. The van der Waals surface area contributed by atoms with Gasteiger partial charge in [-0.15, -0.1) is 0 Å². The van der Waals surface area contributed by atoms with Gasteiger partial charge in [0.1, 0.15) is 12.3 Å². The number of carbonyl (C=O) groups excluding carboxylic acids is 2. The number of nitrogens with one attached hydrogen (secondary N) is 1. The summed E-state index contributed by atoms with van der Waals surface area (Å²) >= 11 is 0. The zero-order valence-electron chi connectivity index (χ0n) is 25.9. The number of hydrogen-bond donors (Lipinski definition) is 1. The van der Waals surface area contributed by atoms with Gasteiger partial charge in [0.2, 0.25) is 5.91 Å². The highest BCUT2D eigenvalue weighted by atomic mass is 16.6. The van der Waals surface area contributed by atoms with E-state index >= 15 is 0 Å². The van der Waals surface area contributed by atoms with Gasteiger partial charge in [0, 0.05) is 37.1 Å². The zero-order valence-corrected chi connectivity index (χ0v) is 25.9. The number of nitrogens with zero attached hydrogens (tertiary/aromatic N) is 1. The maximum atomic E-state index is 13.1. The predicted octanol–water partition coefficient (Wildman–Crippen LogP) is 6.21. The minimum atomic E-state index is -0.633. The van der Waals surface area contributed by atoms with Gasteiger partial charge in [-0.2, -0.15) is 0 Å². The molecule has 0 aromatic heterocycles. The summed E-state index contributed by atoms with van der Waals surface area (Å²) in [7, 11) is 4.00. The van der Waals surface area contributed by atoms with Gasteiger partial charge in [-0.3, -0.25) is 9.59 Å². The lowest BCUT2D eigenvalue weighted by Crippen LogP contribution is -2.73. The van der Waals surface area contributed by atoms with Crippen LogP contribution in [-0.2, 0) is 26.2 Å². The van der Waals surface area contributed by atoms with Crippen molar-refractivity contribution in [2.24, 2.45) is 5.92 Å². The Bertz CT molecular complexity index is 1170. The van der Waals surface area contributed by atoms with Crippen molar-refractivity contribution in [3.05, 3.63) is 65.7 Å². The number of unbranched alkanes of at least 4 members (excludes halogenated alkanes) is 2. The third-order valence-corrected chi connectivity index (χ3v) is 9.42. The number of likely N-dealkylation sites (N-methyl/N-ethyl adjacent to an activating group) is 1. The van der Waals surface area contributed by atoms with Crippen LogP contribution in [0.15, 0.2) is 54.6 Å². The number of methoxy groups -OCH3 is 1. The molecule has 1 N–H and O–H groups in total. The van der Waals surface area contributed by atoms with Crippen molar-refractivity contribution < 1.29 is 23.5 Å². The molecule has 6 heteroatoms. The molecule has 41 heavy (non-hydrogen) atoms. The van der Waals surface area contributed by atoms with Gasteiger partial charge < -0.3 is 19.3 Å². The van der Waals surface area contributed by atoms with E-state index in [1.54, 1.807) is 7.11 Å². The van der Waals surface area contributed by atoms with Crippen LogP contribution in [0.5, 0.6) is 5.75 Å². The molecule has 2 fully saturated rings. The van der Waals surface area contributed by atoms with E-state index in [1.807, 2.05) is 18.2 Å². The number of amides is 1. The fraction of sp³-hybridized carbons (Fsp3) is 0.600. The Balaban J connectivity index is 1.50. The van der Waals surface area contributed by atoms with Crippen LogP contribution in [0, 0.1) is 5.92 Å². The smallest absolute Gasteiger partial charge is 0.303 e. The number of quaternary nitrogens is 1. The minimum Gasteiger partial charge on any atom is -0.497 e. The Hall–Kier alpha value is -2.86. The molecule has 1 saturated heterocycles. The third kappa shape index (κ3) is 7.51. The minimum absolute atomic E-state index is 0.0451. The standard InChI is InChI=1S/C35H50N2O4/c1-27(2)25-37(4)22-21-34(30-16-12-17-32(23-30)40-5)24-31(19-20-35(34,26-37)41-28(3)38)36-33(39)18-11-7-10-15-29-13-8-6-9-14-29/h6,8-9,12-14,16-17,23,27,31H,7,10-11,15,18-22,24-26H2,1-5H3/p+1/t31-,34-,35?,37+/m1/s1. The second-order valence-electron chi connectivity index (χ2n) is 13.3. The Labute approximate surface area is 247 Å². The van der Waals surface area contributed by atoms with Crippen LogP contribution in [0.3, 0.4) is 0 Å². The molecular weight excluding hydrogens is 512 g/mol. The summed E-state index contributed by atoms with van der Waals surface area (Å²) in [5, 5.41) is 3.39. The molecule has 2 aromatic rings. The van der Waals surface area contributed by atoms with Gasteiger partial charge in [0.25, 0.3) is 0 Å². The topological polar surface area (TPSA) is 64.6 Å². The van der Waals surface area contributed by atoms with Crippen molar-refractivity contribution >= 4 is 11.9 Å². The van der Waals surface area contributed by atoms with Crippen LogP contribution in [0.2, 0.25) is 0 Å². The van der Waals surface area contributed by atoms with Crippen molar-refractivity contribution in [2.45, 2.75) is 95.6 Å². The lowest BCUT2D eigenvalue weighted by atomic mass is 9.54. The normalized spacial score (nSPS) is 27.6. The zero-order chi connectivity index (χ0) is 29.5. The highest BCUT2D eigenvalue weighted by Gasteiger charge is 2.64. The van der Waals surface area contributed by atoms with Gasteiger partial charge in [-0.05, 0) is 61.8 Å². The van der Waals surface area contributed by atoms with Crippen LogP contribution in [0.25, 0.3) is 0 Å². The summed E-state index contributed by atoms with van der Waals surface area (Å²) in [6, 6.07) is 18.9. The second-order valence-corrected chi connectivity index (χ2v) is 13.3. The Morgan fingerprint density at radius 3 is 2.54 bits per heavy atom. The first kappa shape index (κ1) is 31.1. The van der Waals surface area contributed by atoms with Gasteiger partial charge >= 0.3 is 5.97 Å². The van der Waals surface area contributed by atoms with E-state index in [2.05, 4.69) is 62.6 Å². The molecule has 4 atom stereocenters. The molecule has 6 nitrogen and oxygen atoms in total. The highest BCUT2D eigenvalue weighted by molar-refractivity contribution is 5.76. The highest BCUT2D eigenvalue weighted by Crippen LogP contribution is 2.55. The molecule has 0 bridgehead atoms. The monoisotopic (exact) mass is 563 g/mol. The average Bonchev–Trinajstić information content (AvgIpc) is 2.93. The number of benzene rings is 2. The number of fused-ring (bicyclic) bond motifs is 1. The molecule has 1 heterocycles. The predicted molar refractivity (Wildman–Crippen MR) is 164 cm³/mol. The van der Waals surface area contributed by atoms with E-state index < -0.39 is 11.0 Å². The van der Waals surface area contributed by atoms with E-state index in [0.29, 0.717) is 12.3 Å². The Morgan fingerprint density at radius 2 is 1.83 bits per heavy atom. The number of rotatable bonds is 12. The molecule has 1 saturated carbocycles. The van der Waals surface area contributed by atoms with Crippen LogP contribution in [0.4, 0.5) is 0 Å². The largest absolute Gasteiger partial charge is 0.497 e. The SMILES string of the molecule is COc1cccc([C@]23CC[N@@+](C)(CC(C)C)CC2(OC(C)=O)CC[C@@H](NC(=O)CCCCCc2ccccc2)C3)c1. The maximum Gasteiger partial charge on any atom is 0.303 e. The van der Waals surface area contributed by atoms with E-state index in [-0.39, 0.29) is 17.9 Å². The number of carbonyl (C=O) groups is 2. The summed E-state index contributed by atoms with van der Waals surface area (Å²) in [5.41, 5.74) is 1.47. The second kappa shape index (κ2) is 13.4. The lowest BCUT2D eigenvalue weighted by Gasteiger charge is -2.61.